The van der Waals surface area contributed by atoms with Crippen LogP contribution in [0.15, 0.2) is 60.7 Å². The van der Waals surface area contributed by atoms with Crippen LogP contribution in [0.25, 0.3) is 16.7 Å². The molecule has 0 unspecified atom stereocenters. The molecule has 2 rings (SSSR count). The molecule has 0 amide bonds. The van der Waals surface area contributed by atoms with Crippen LogP contribution in [0.2, 0.25) is 0 Å². The average molecular weight is 322 g/mol. The average Bonchev–Trinajstić information content (AvgIpc) is 2.46. The van der Waals surface area contributed by atoms with Crippen molar-refractivity contribution >= 4 is 33.1 Å². The van der Waals surface area contributed by atoms with Gasteiger partial charge in [-0.1, -0.05) is 76.6 Å². The van der Waals surface area contributed by atoms with E-state index in [2.05, 4.69) is 64.5 Å². The summed E-state index contributed by atoms with van der Waals surface area (Å²) >= 11 is 9.24. The van der Waals surface area contributed by atoms with E-state index in [0.29, 0.717) is 5.88 Å². The molecule has 0 nitrogen and oxygen atoms in total. The molecule has 0 N–H and O–H groups in total. The Morgan fingerprint density at radius 2 is 1.56 bits per heavy atom. The molecule has 92 valence electrons. The van der Waals surface area contributed by atoms with E-state index >= 15 is 0 Å². The van der Waals surface area contributed by atoms with Gasteiger partial charge in [0.1, 0.15) is 0 Å². The molecule has 2 aromatic rings. The van der Waals surface area contributed by atoms with Crippen LogP contribution < -0.4 is 0 Å². The molecule has 0 aliphatic rings. The minimum absolute atomic E-state index is 0.543. The zero-order chi connectivity index (χ0) is 12.8. The largest absolute Gasteiger partial charge is 0.122 e. The summed E-state index contributed by atoms with van der Waals surface area (Å²) in [6.07, 6.45) is 2.04. The van der Waals surface area contributed by atoms with Crippen molar-refractivity contribution in [1.82, 2.24) is 0 Å². The minimum Gasteiger partial charge on any atom is -0.122 e. The van der Waals surface area contributed by atoms with E-state index in [9.17, 15) is 0 Å². The first-order valence-corrected chi connectivity index (χ1v) is 7.47. The Morgan fingerprint density at radius 1 is 0.944 bits per heavy atom. The van der Waals surface area contributed by atoms with Gasteiger partial charge >= 0.3 is 0 Å². The molecule has 0 bridgehead atoms. The molecule has 2 aromatic carbocycles. The van der Waals surface area contributed by atoms with Crippen LogP contribution in [0.1, 0.15) is 5.56 Å². The third-order valence-corrected chi connectivity index (χ3v) is 3.59. The number of rotatable bonds is 4. The topological polar surface area (TPSA) is 0 Å². The maximum Gasteiger partial charge on any atom is 0.0410 e. The van der Waals surface area contributed by atoms with Gasteiger partial charge in [0.15, 0.2) is 0 Å². The van der Waals surface area contributed by atoms with Gasteiger partial charge in [-0.15, -0.1) is 11.6 Å². The van der Waals surface area contributed by atoms with Crippen molar-refractivity contribution in [2.75, 3.05) is 11.2 Å². The van der Waals surface area contributed by atoms with Crippen molar-refractivity contribution in [3.8, 4) is 11.1 Å². The van der Waals surface area contributed by atoms with Crippen molar-refractivity contribution < 1.29 is 0 Å². The fraction of sp³-hybridized carbons (Fsp3) is 0.125. The quantitative estimate of drug-likeness (QED) is 0.664. The second-order valence-corrected chi connectivity index (χ2v) is 4.83. The normalized spacial score (nSPS) is 11.6. The third kappa shape index (κ3) is 3.24. The highest BCUT2D eigenvalue weighted by Crippen LogP contribution is 2.23. The Kier molecular flexibility index (Phi) is 5.03. The van der Waals surface area contributed by atoms with Crippen molar-refractivity contribution in [3.05, 3.63) is 66.2 Å². The minimum atomic E-state index is 0.543. The zero-order valence-electron chi connectivity index (χ0n) is 9.94. The molecule has 2 heteroatoms. The lowest BCUT2D eigenvalue weighted by atomic mass is 10.0. The maximum atomic E-state index is 5.75. The van der Waals surface area contributed by atoms with Gasteiger partial charge in [-0.3, -0.25) is 0 Å². The highest BCUT2D eigenvalue weighted by Gasteiger charge is 2.01. The number of hydrogen-bond donors (Lipinski definition) is 0. The molecule has 0 saturated carbocycles. The Morgan fingerprint density at radius 3 is 2.11 bits per heavy atom. The second kappa shape index (κ2) is 6.77. The summed E-state index contributed by atoms with van der Waals surface area (Å²) in [5.41, 5.74) is 4.92. The molecule has 0 saturated heterocycles. The Balaban J connectivity index is 2.28. The van der Waals surface area contributed by atoms with E-state index in [0.717, 1.165) is 5.33 Å². The highest BCUT2D eigenvalue weighted by atomic mass is 79.9. The van der Waals surface area contributed by atoms with Crippen LogP contribution in [-0.2, 0) is 0 Å². The predicted molar refractivity (Wildman–Crippen MR) is 84.4 cm³/mol. The summed E-state index contributed by atoms with van der Waals surface area (Å²) in [4.78, 5) is 0. The van der Waals surface area contributed by atoms with E-state index in [1.807, 2.05) is 12.1 Å². The van der Waals surface area contributed by atoms with Crippen LogP contribution in [0.4, 0.5) is 0 Å². The van der Waals surface area contributed by atoms with E-state index in [-0.39, 0.29) is 0 Å². The molecule has 0 aliphatic heterocycles. The van der Waals surface area contributed by atoms with Gasteiger partial charge in [0.2, 0.25) is 0 Å². The van der Waals surface area contributed by atoms with E-state index in [4.69, 9.17) is 11.6 Å². The molecular formula is C16H14BrCl. The summed E-state index contributed by atoms with van der Waals surface area (Å²) in [7, 11) is 0. The van der Waals surface area contributed by atoms with Crippen LogP contribution in [0.5, 0.6) is 0 Å². The number of allylic oxidation sites excluding steroid dienone is 2. The van der Waals surface area contributed by atoms with Gasteiger partial charge in [0.05, 0.1) is 0 Å². The summed E-state index contributed by atoms with van der Waals surface area (Å²) in [5.74, 6) is 0.543. The Bertz CT molecular complexity index is 515. The van der Waals surface area contributed by atoms with Gasteiger partial charge in [-0.2, -0.15) is 0 Å². The first-order valence-electron chi connectivity index (χ1n) is 5.82. The van der Waals surface area contributed by atoms with E-state index < -0.39 is 0 Å². The van der Waals surface area contributed by atoms with Gasteiger partial charge in [0.25, 0.3) is 0 Å². The fourth-order valence-electron chi connectivity index (χ4n) is 1.85. The van der Waals surface area contributed by atoms with Crippen molar-refractivity contribution in [2.45, 2.75) is 0 Å². The number of alkyl halides is 2. The maximum absolute atomic E-state index is 5.75. The fourth-order valence-corrected chi connectivity index (χ4v) is 2.59. The second-order valence-electron chi connectivity index (χ2n) is 3.96. The smallest absolute Gasteiger partial charge is 0.0410 e. The third-order valence-electron chi connectivity index (χ3n) is 2.83. The summed E-state index contributed by atoms with van der Waals surface area (Å²) in [6.45, 7) is 0. The van der Waals surface area contributed by atoms with E-state index in [1.165, 1.54) is 22.3 Å². The Labute approximate surface area is 121 Å². The van der Waals surface area contributed by atoms with Crippen LogP contribution in [-0.4, -0.2) is 11.2 Å². The first-order chi connectivity index (χ1) is 8.85. The van der Waals surface area contributed by atoms with Gasteiger partial charge in [0, 0.05) is 11.2 Å². The molecule has 0 spiro atoms. The number of halogens is 2. The van der Waals surface area contributed by atoms with Gasteiger partial charge in [-0.05, 0) is 22.3 Å². The SMILES string of the molecule is ClC/C=C(\CBr)c1ccc(-c2ccccc2)cc1. The summed E-state index contributed by atoms with van der Waals surface area (Å²) < 4.78 is 0. The molecule has 0 fully saturated rings. The standard InChI is InChI=1S/C16H14BrCl/c17-12-16(10-11-18)15-8-6-14(7-9-15)13-4-2-1-3-5-13/h1-10H,11-12H2/b16-10+. The molecule has 0 atom stereocenters. The monoisotopic (exact) mass is 320 g/mol. The highest BCUT2D eigenvalue weighted by molar-refractivity contribution is 9.09. The van der Waals surface area contributed by atoms with Crippen molar-refractivity contribution in [3.63, 3.8) is 0 Å². The summed E-state index contributed by atoms with van der Waals surface area (Å²) in [5, 5.41) is 0.824. The van der Waals surface area contributed by atoms with Crippen molar-refractivity contribution in [1.29, 1.82) is 0 Å². The van der Waals surface area contributed by atoms with Crippen molar-refractivity contribution in [2.24, 2.45) is 0 Å². The number of hydrogen-bond acceptors (Lipinski definition) is 0. The van der Waals surface area contributed by atoms with Crippen LogP contribution in [0.3, 0.4) is 0 Å². The zero-order valence-corrected chi connectivity index (χ0v) is 12.3. The molecule has 0 aromatic heterocycles. The molecule has 0 radical (unpaired) electrons. The molecule has 0 aliphatic carbocycles. The number of benzene rings is 2. The van der Waals surface area contributed by atoms with E-state index in [1.54, 1.807) is 0 Å². The predicted octanol–water partition coefficient (Wildman–Crippen LogP) is 5.37. The lowest BCUT2D eigenvalue weighted by molar-refractivity contribution is 1.54. The van der Waals surface area contributed by atoms with Gasteiger partial charge < -0.3 is 0 Å². The van der Waals surface area contributed by atoms with Gasteiger partial charge in [-0.25, -0.2) is 0 Å². The lowest BCUT2D eigenvalue weighted by Gasteiger charge is -2.06. The lowest BCUT2D eigenvalue weighted by Crippen LogP contribution is -1.87. The first kappa shape index (κ1) is 13.4. The Hall–Kier alpha value is -1.05. The summed E-state index contributed by atoms with van der Waals surface area (Å²) in [6, 6.07) is 19.0. The molecular weight excluding hydrogens is 308 g/mol. The molecule has 18 heavy (non-hydrogen) atoms. The van der Waals surface area contributed by atoms with Crippen LogP contribution >= 0.6 is 27.5 Å². The van der Waals surface area contributed by atoms with Crippen LogP contribution in [0, 0.1) is 0 Å². The molecule has 0 heterocycles.